The minimum absolute atomic E-state index is 0.0324. The lowest BCUT2D eigenvalue weighted by atomic mass is 9.45. The van der Waals surface area contributed by atoms with Crippen LogP contribution in [0.1, 0.15) is 104 Å². The first kappa shape index (κ1) is 40.5. The van der Waals surface area contributed by atoms with E-state index >= 15 is 0 Å². The van der Waals surface area contributed by atoms with E-state index in [9.17, 15) is 0 Å². The number of hydrogen-bond donors (Lipinski definition) is 0. The van der Waals surface area contributed by atoms with Crippen LogP contribution in [0, 0.1) is 0 Å². The first-order chi connectivity index (χ1) is 30.5. The summed E-state index contributed by atoms with van der Waals surface area (Å²) in [7, 11) is 0. The molecule has 11 rings (SSSR count). The highest BCUT2D eigenvalue weighted by Crippen LogP contribution is 2.54. The van der Waals surface area contributed by atoms with Crippen molar-refractivity contribution in [3.05, 3.63) is 174 Å². The fourth-order valence-electron chi connectivity index (χ4n) is 11.0. The van der Waals surface area contributed by atoms with E-state index in [1.807, 2.05) is 0 Å². The van der Waals surface area contributed by atoms with Crippen LogP contribution in [0.15, 0.2) is 156 Å². The van der Waals surface area contributed by atoms with Crippen LogP contribution in [0.25, 0.3) is 44.3 Å². The fourth-order valence-corrected chi connectivity index (χ4v) is 11.0. The average Bonchev–Trinajstić information content (AvgIpc) is 3.67. The third-order valence-corrected chi connectivity index (χ3v) is 14.8. The standard InChI is InChI=1S/C60H59BN2O/c1-57(2,3)41-26-30-50(46(34-41)39-21-15-12-16-22-39)62-52-36-42(58(4,5)6)35-47-44-28-25-40(38-19-13-11-14-20-38)33-51(44)63(43-27-29-48-49(37-43)60(9,10)32-31-59(48,7)8)61(54(47)52)56-55(62)45-23-17-18-24-53(45)64-56/h11-30,33-37H,31-32H2,1-10H3. The van der Waals surface area contributed by atoms with Gasteiger partial charge in [0.15, 0.2) is 0 Å². The molecule has 64 heavy (non-hydrogen) atoms. The zero-order valence-corrected chi connectivity index (χ0v) is 39.2. The number of benzene rings is 7. The zero-order chi connectivity index (χ0) is 44.5. The zero-order valence-electron chi connectivity index (χ0n) is 39.2. The van der Waals surface area contributed by atoms with Crippen molar-refractivity contribution in [2.75, 3.05) is 9.71 Å². The summed E-state index contributed by atoms with van der Waals surface area (Å²) in [4.78, 5) is 5.21. The SMILES string of the molecule is CC(C)(C)c1ccc(N2c3cc(C(C)(C)C)cc4c3B(c3oc5ccccc5c32)N(c2ccc3c(c2)C(C)(C)CCC3(C)C)c2cc(-c3ccccc3)ccc2-4)c(-c2ccccc2)c1. The Morgan fingerprint density at radius 2 is 1.14 bits per heavy atom. The molecule has 0 saturated carbocycles. The van der Waals surface area contributed by atoms with Crippen molar-refractivity contribution in [3.63, 3.8) is 0 Å². The monoisotopic (exact) mass is 834 g/mol. The maximum Gasteiger partial charge on any atom is 0.375 e. The van der Waals surface area contributed by atoms with Gasteiger partial charge in [0.05, 0.1) is 11.4 Å². The molecule has 0 radical (unpaired) electrons. The Hall–Kier alpha value is -6.26. The molecule has 8 aromatic rings. The molecule has 0 saturated heterocycles. The van der Waals surface area contributed by atoms with E-state index in [1.54, 1.807) is 0 Å². The summed E-state index contributed by atoms with van der Waals surface area (Å²) in [6.07, 6.45) is 2.33. The van der Waals surface area contributed by atoms with Gasteiger partial charge in [-0.25, -0.2) is 0 Å². The average molecular weight is 835 g/mol. The molecule has 4 heteroatoms. The van der Waals surface area contributed by atoms with E-state index in [0.717, 1.165) is 34.4 Å². The minimum atomic E-state index is -0.247. The van der Waals surface area contributed by atoms with Gasteiger partial charge in [0.1, 0.15) is 11.2 Å². The Morgan fingerprint density at radius 1 is 0.500 bits per heavy atom. The number of nitrogens with zero attached hydrogens (tertiary/aromatic N) is 2. The summed E-state index contributed by atoms with van der Waals surface area (Å²) < 4.78 is 7.40. The molecule has 2 aliphatic heterocycles. The van der Waals surface area contributed by atoms with E-state index in [-0.39, 0.29) is 28.5 Å². The lowest BCUT2D eigenvalue weighted by molar-refractivity contribution is 0.332. The van der Waals surface area contributed by atoms with E-state index in [4.69, 9.17) is 4.42 Å². The summed E-state index contributed by atoms with van der Waals surface area (Å²) in [5.74, 6) is 0. The normalized spacial score (nSPS) is 16.0. The van der Waals surface area contributed by atoms with Crippen molar-refractivity contribution >= 4 is 57.4 Å². The number of furan rings is 1. The molecule has 1 aliphatic carbocycles. The van der Waals surface area contributed by atoms with Gasteiger partial charge in [-0.1, -0.05) is 172 Å². The molecular weight excluding hydrogens is 775 g/mol. The predicted molar refractivity (Wildman–Crippen MR) is 273 cm³/mol. The molecule has 318 valence electrons. The van der Waals surface area contributed by atoms with Crippen molar-refractivity contribution in [2.45, 2.75) is 104 Å². The molecular formula is C60H59BN2O. The second-order valence-electron chi connectivity index (χ2n) is 22.1. The van der Waals surface area contributed by atoms with E-state index in [2.05, 4.69) is 231 Å². The smallest absolute Gasteiger partial charge is 0.375 e. The number of fused-ring (bicyclic) bond motifs is 7. The first-order valence-electron chi connectivity index (χ1n) is 23.3. The van der Waals surface area contributed by atoms with Crippen LogP contribution < -0.4 is 20.8 Å². The van der Waals surface area contributed by atoms with Crippen molar-refractivity contribution < 1.29 is 4.42 Å². The quantitative estimate of drug-likeness (QED) is 0.165. The highest BCUT2D eigenvalue weighted by Gasteiger charge is 2.50. The van der Waals surface area contributed by atoms with Gasteiger partial charge in [0, 0.05) is 33.6 Å². The summed E-state index contributed by atoms with van der Waals surface area (Å²) >= 11 is 0. The second kappa shape index (κ2) is 14.1. The van der Waals surface area contributed by atoms with Crippen LogP contribution in [0.5, 0.6) is 0 Å². The third-order valence-electron chi connectivity index (χ3n) is 14.8. The molecule has 1 aromatic heterocycles. The van der Waals surface area contributed by atoms with Gasteiger partial charge in [-0.3, -0.25) is 0 Å². The molecule has 0 N–H and O–H groups in total. The molecule has 3 heterocycles. The highest BCUT2D eigenvalue weighted by molar-refractivity contribution is 6.93. The van der Waals surface area contributed by atoms with Crippen LogP contribution in [0.4, 0.5) is 28.4 Å². The Morgan fingerprint density at radius 3 is 1.84 bits per heavy atom. The van der Waals surface area contributed by atoms with Crippen LogP contribution in [0.3, 0.4) is 0 Å². The summed E-state index contributed by atoms with van der Waals surface area (Å²) in [5, 5.41) is 1.11. The topological polar surface area (TPSA) is 19.6 Å². The molecule has 7 aromatic carbocycles. The van der Waals surface area contributed by atoms with Crippen molar-refractivity contribution in [2.24, 2.45) is 0 Å². The first-order valence-corrected chi connectivity index (χ1v) is 23.3. The largest absolute Gasteiger partial charge is 0.466 e. The van der Waals surface area contributed by atoms with Gasteiger partial charge in [-0.2, -0.15) is 0 Å². The molecule has 0 fully saturated rings. The summed E-state index contributed by atoms with van der Waals surface area (Å²) in [6.45, 7) is 23.5. The summed E-state index contributed by atoms with van der Waals surface area (Å²) in [6, 6.07) is 57.2. The minimum Gasteiger partial charge on any atom is -0.466 e. The molecule has 3 nitrogen and oxygen atoms in total. The van der Waals surface area contributed by atoms with Crippen LogP contribution in [-0.4, -0.2) is 6.85 Å². The van der Waals surface area contributed by atoms with Crippen LogP contribution >= 0.6 is 0 Å². The Kier molecular flexibility index (Phi) is 8.94. The number of rotatable bonds is 4. The van der Waals surface area contributed by atoms with Gasteiger partial charge >= 0.3 is 6.85 Å². The Labute approximate surface area is 380 Å². The molecule has 0 amide bonds. The predicted octanol–water partition coefficient (Wildman–Crippen LogP) is 15.4. The number of para-hydroxylation sites is 1. The number of hydrogen-bond acceptors (Lipinski definition) is 3. The second-order valence-corrected chi connectivity index (χ2v) is 22.1. The maximum atomic E-state index is 7.40. The van der Waals surface area contributed by atoms with Crippen LogP contribution in [-0.2, 0) is 21.7 Å². The highest BCUT2D eigenvalue weighted by atomic mass is 16.3. The molecule has 0 bridgehead atoms. The van der Waals surface area contributed by atoms with Crippen molar-refractivity contribution in [1.29, 1.82) is 0 Å². The lowest BCUT2D eigenvalue weighted by Crippen LogP contribution is -2.61. The van der Waals surface area contributed by atoms with E-state index < -0.39 is 0 Å². The van der Waals surface area contributed by atoms with Gasteiger partial charge in [-0.15, -0.1) is 0 Å². The third kappa shape index (κ3) is 6.31. The Bertz CT molecular complexity index is 3140. The maximum absolute atomic E-state index is 7.40. The van der Waals surface area contributed by atoms with E-state index in [0.29, 0.717) is 0 Å². The Balaban J connectivity index is 1.28. The van der Waals surface area contributed by atoms with E-state index in [1.165, 1.54) is 84.6 Å². The van der Waals surface area contributed by atoms with Gasteiger partial charge < -0.3 is 14.1 Å². The molecule has 0 spiro atoms. The molecule has 0 atom stereocenters. The van der Waals surface area contributed by atoms with Gasteiger partial charge in [-0.05, 0) is 133 Å². The lowest BCUT2D eigenvalue weighted by Gasteiger charge is -2.46. The fraction of sp³-hybridized carbons (Fsp3) is 0.267. The summed E-state index contributed by atoms with van der Waals surface area (Å²) in [5.41, 5.74) is 21.8. The van der Waals surface area contributed by atoms with Gasteiger partial charge in [0.2, 0.25) is 0 Å². The van der Waals surface area contributed by atoms with Crippen LogP contribution in [0.2, 0.25) is 0 Å². The van der Waals surface area contributed by atoms with Gasteiger partial charge in [0.25, 0.3) is 0 Å². The number of anilines is 5. The molecule has 3 aliphatic rings. The molecule has 0 unspecified atom stereocenters. The van der Waals surface area contributed by atoms with Crippen molar-refractivity contribution in [1.82, 2.24) is 0 Å². The van der Waals surface area contributed by atoms with Crippen molar-refractivity contribution in [3.8, 4) is 33.4 Å².